The zero-order chi connectivity index (χ0) is 12.0. The van der Waals surface area contributed by atoms with E-state index in [1.165, 1.54) is 0 Å². The lowest BCUT2D eigenvalue weighted by Crippen LogP contribution is -2.46. The van der Waals surface area contributed by atoms with Crippen LogP contribution in [0, 0.1) is 0 Å². The van der Waals surface area contributed by atoms with Gasteiger partial charge < -0.3 is 18.2 Å². The Morgan fingerprint density at radius 1 is 1.12 bits per heavy atom. The highest BCUT2D eigenvalue weighted by atomic mass is 28.4. The van der Waals surface area contributed by atoms with E-state index in [9.17, 15) is 0 Å². The predicted molar refractivity (Wildman–Crippen MR) is 66.0 cm³/mol. The van der Waals surface area contributed by atoms with E-state index in [0.717, 1.165) is 12.6 Å². The van der Waals surface area contributed by atoms with Gasteiger partial charge in [-0.3, -0.25) is 0 Å². The van der Waals surface area contributed by atoms with Crippen molar-refractivity contribution in [3.05, 3.63) is 24.4 Å². The molecule has 0 amide bonds. The molecule has 1 rings (SSSR count). The number of rotatable bonds is 6. The zero-order valence-corrected chi connectivity index (χ0v) is 11.5. The maximum Gasteiger partial charge on any atom is 0.501 e. The summed E-state index contributed by atoms with van der Waals surface area (Å²) in [4.78, 5) is 2.25. The van der Waals surface area contributed by atoms with Gasteiger partial charge in [-0.25, -0.2) is 0 Å². The highest BCUT2D eigenvalue weighted by Crippen LogP contribution is 2.16. The molecule has 0 aliphatic carbocycles. The average molecular weight is 243 g/mol. The summed E-state index contributed by atoms with van der Waals surface area (Å²) < 4.78 is 16.2. The third-order valence-corrected chi connectivity index (χ3v) is 5.61. The summed E-state index contributed by atoms with van der Waals surface area (Å²) in [5.74, 6) is 0. The van der Waals surface area contributed by atoms with Gasteiger partial charge in [-0.05, 0) is 19.2 Å². The number of hydrogen-bond acceptors (Lipinski definition) is 4. The molecule has 0 aromatic heterocycles. The summed E-state index contributed by atoms with van der Waals surface area (Å²) in [7, 11) is 2.51. The van der Waals surface area contributed by atoms with E-state index in [1.54, 1.807) is 21.3 Å². The highest BCUT2D eigenvalue weighted by molar-refractivity contribution is 6.60. The zero-order valence-electron chi connectivity index (χ0n) is 10.5. The van der Waals surface area contributed by atoms with E-state index in [1.807, 2.05) is 6.08 Å². The second-order valence-corrected chi connectivity index (χ2v) is 6.84. The van der Waals surface area contributed by atoms with Crippen molar-refractivity contribution in [1.82, 2.24) is 4.90 Å². The topological polar surface area (TPSA) is 30.9 Å². The molecular formula is C11H21NO3Si. The maximum atomic E-state index is 5.39. The van der Waals surface area contributed by atoms with Crippen LogP contribution in [0.1, 0.15) is 6.92 Å². The Balaban J connectivity index is 2.49. The van der Waals surface area contributed by atoms with Crippen LogP contribution in [0.2, 0.25) is 6.04 Å². The van der Waals surface area contributed by atoms with Gasteiger partial charge >= 0.3 is 8.80 Å². The Morgan fingerprint density at radius 3 is 2.25 bits per heavy atom. The molecule has 0 saturated carbocycles. The summed E-state index contributed by atoms with van der Waals surface area (Å²) in [6.45, 7) is 3.04. The van der Waals surface area contributed by atoms with Crippen LogP contribution in [-0.2, 0) is 13.3 Å². The predicted octanol–water partition coefficient (Wildman–Crippen LogP) is 1.64. The Kier molecular flexibility index (Phi) is 5.21. The third-order valence-electron chi connectivity index (χ3n) is 2.91. The molecule has 1 aliphatic rings. The van der Waals surface area contributed by atoms with Crippen LogP contribution in [0.3, 0.4) is 0 Å². The van der Waals surface area contributed by atoms with Crippen molar-refractivity contribution < 1.29 is 13.3 Å². The van der Waals surface area contributed by atoms with Gasteiger partial charge in [0, 0.05) is 40.0 Å². The van der Waals surface area contributed by atoms with E-state index in [0.29, 0.717) is 6.04 Å². The SMILES string of the molecule is CO[Si](CCN1C=CC=CC1C)(OC)OC. The Labute approximate surface area is 98.9 Å². The van der Waals surface area contributed by atoms with Crippen LogP contribution in [0.4, 0.5) is 0 Å². The van der Waals surface area contributed by atoms with E-state index in [2.05, 4.69) is 30.2 Å². The Morgan fingerprint density at radius 2 is 1.75 bits per heavy atom. The van der Waals surface area contributed by atoms with Crippen molar-refractivity contribution in [2.45, 2.75) is 19.0 Å². The molecule has 1 unspecified atom stereocenters. The molecular weight excluding hydrogens is 222 g/mol. The fourth-order valence-corrected chi connectivity index (χ4v) is 3.38. The van der Waals surface area contributed by atoms with Crippen molar-refractivity contribution in [1.29, 1.82) is 0 Å². The molecule has 0 aromatic carbocycles. The molecule has 0 aromatic rings. The Hall–Kier alpha value is -0.623. The molecule has 0 bridgehead atoms. The second kappa shape index (κ2) is 6.20. The molecule has 4 nitrogen and oxygen atoms in total. The molecule has 0 fully saturated rings. The van der Waals surface area contributed by atoms with Crippen LogP contribution in [0.5, 0.6) is 0 Å². The van der Waals surface area contributed by atoms with Gasteiger partial charge in [0.05, 0.1) is 0 Å². The van der Waals surface area contributed by atoms with Gasteiger partial charge in [0.2, 0.25) is 0 Å². The molecule has 0 saturated heterocycles. The quantitative estimate of drug-likeness (QED) is 0.664. The normalized spacial score (nSPS) is 20.5. The number of hydrogen-bond donors (Lipinski definition) is 0. The molecule has 5 heteroatoms. The lowest BCUT2D eigenvalue weighted by Gasteiger charge is -2.31. The van der Waals surface area contributed by atoms with E-state index in [-0.39, 0.29) is 0 Å². The standard InChI is InChI=1S/C11H21NO3Si/c1-11-7-5-6-8-12(11)9-10-16(13-2,14-3)15-4/h5-8,11H,9-10H2,1-4H3. The van der Waals surface area contributed by atoms with Crippen molar-refractivity contribution in [3.63, 3.8) is 0 Å². The summed E-state index contributed by atoms with van der Waals surface area (Å²) in [6, 6.07) is 1.21. The summed E-state index contributed by atoms with van der Waals surface area (Å²) in [5.41, 5.74) is 0. The van der Waals surface area contributed by atoms with Gasteiger partial charge in [-0.1, -0.05) is 12.2 Å². The van der Waals surface area contributed by atoms with Crippen molar-refractivity contribution in [2.24, 2.45) is 0 Å². The minimum atomic E-state index is -2.43. The summed E-state index contributed by atoms with van der Waals surface area (Å²) >= 11 is 0. The van der Waals surface area contributed by atoms with Crippen LogP contribution in [0.25, 0.3) is 0 Å². The van der Waals surface area contributed by atoms with E-state index >= 15 is 0 Å². The first-order chi connectivity index (χ1) is 7.67. The van der Waals surface area contributed by atoms with Crippen molar-refractivity contribution in [2.75, 3.05) is 27.9 Å². The second-order valence-electron chi connectivity index (χ2n) is 3.75. The summed E-state index contributed by atoms with van der Waals surface area (Å²) in [5, 5.41) is 0. The largest absolute Gasteiger partial charge is 0.501 e. The molecule has 0 N–H and O–H groups in total. The van der Waals surface area contributed by atoms with Crippen molar-refractivity contribution in [3.8, 4) is 0 Å². The van der Waals surface area contributed by atoms with Crippen LogP contribution < -0.4 is 0 Å². The first-order valence-corrected chi connectivity index (χ1v) is 7.37. The molecule has 1 aliphatic heterocycles. The smallest absolute Gasteiger partial charge is 0.377 e. The molecule has 92 valence electrons. The monoisotopic (exact) mass is 243 g/mol. The first kappa shape index (κ1) is 13.4. The maximum absolute atomic E-state index is 5.39. The number of allylic oxidation sites excluding steroid dienone is 2. The van der Waals surface area contributed by atoms with E-state index < -0.39 is 8.80 Å². The van der Waals surface area contributed by atoms with Gasteiger partial charge in [-0.15, -0.1) is 0 Å². The van der Waals surface area contributed by atoms with Crippen LogP contribution >= 0.6 is 0 Å². The van der Waals surface area contributed by atoms with Crippen LogP contribution in [0.15, 0.2) is 24.4 Å². The Bertz CT molecular complexity index is 256. The fourth-order valence-electron chi connectivity index (χ4n) is 1.73. The van der Waals surface area contributed by atoms with Crippen molar-refractivity contribution >= 4 is 8.80 Å². The van der Waals surface area contributed by atoms with Gasteiger partial charge in [-0.2, -0.15) is 0 Å². The van der Waals surface area contributed by atoms with E-state index in [4.69, 9.17) is 13.3 Å². The third kappa shape index (κ3) is 3.18. The average Bonchev–Trinajstić information content (AvgIpc) is 2.34. The number of nitrogens with zero attached hydrogens (tertiary/aromatic N) is 1. The summed E-state index contributed by atoms with van der Waals surface area (Å²) in [6.07, 6.45) is 8.35. The van der Waals surface area contributed by atoms with Gasteiger partial charge in [0.15, 0.2) is 0 Å². The lowest BCUT2D eigenvalue weighted by molar-refractivity contribution is 0.120. The first-order valence-electron chi connectivity index (χ1n) is 5.43. The molecule has 16 heavy (non-hydrogen) atoms. The minimum absolute atomic E-state index is 0.419. The lowest BCUT2D eigenvalue weighted by atomic mass is 10.2. The fraction of sp³-hybridized carbons (Fsp3) is 0.636. The minimum Gasteiger partial charge on any atom is -0.377 e. The van der Waals surface area contributed by atoms with Gasteiger partial charge in [0.25, 0.3) is 0 Å². The molecule has 0 spiro atoms. The molecule has 1 heterocycles. The van der Waals surface area contributed by atoms with Gasteiger partial charge in [0.1, 0.15) is 0 Å². The van der Waals surface area contributed by atoms with Crippen LogP contribution in [-0.4, -0.2) is 47.6 Å². The molecule has 0 radical (unpaired) electrons. The highest BCUT2D eigenvalue weighted by Gasteiger charge is 2.37. The molecule has 1 atom stereocenters.